The highest BCUT2D eigenvalue weighted by atomic mass is 16.5. The van der Waals surface area contributed by atoms with Gasteiger partial charge in [-0.2, -0.15) is 0 Å². The number of ether oxygens (including phenoxy) is 1. The summed E-state index contributed by atoms with van der Waals surface area (Å²) in [6.45, 7) is 3.87. The molecule has 3 N–H and O–H groups in total. The van der Waals surface area contributed by atoms with E-state index < -0.39 is 5.92 Å². The van der Waals surface area contributed by atoms with Crippen molar-refractivity contribution in [3.63, 3.8) is 0 Å². The third-order valence-corrected chi connectivity index (χ3v) is 5.43. The van der Waals surface area contributed by atoms with Crippen molar-refractivity contribution < 1.29 is 24.3 Å². The Morgan fingerprint density at radius 1 is 1.12 bits per heavy atom. The van der Waals surface area contributed by atoms with Crippen molar-refractivity contribution in [1.82, 2.24) is 15.7 Å². The molecule has 0 bridgehead atoms. The molecule has 0 saturated heterocycles. The molecule has 178 valence electrons. The molecule has 0 unspecified atom stereocenters. The van der Waals surface area contributed by atoms with Crippen LogP contribution in [0.3, 0.4) is 0 Å². The number of rotatable bonds is 13. The predicted molar refractivity (Wildman–Crippen MR) is 126 cm³/mol. The number of aryl methyl sites for hydroxylation is 1. The van der Waals surface area contributed by atoms with Crippen molar-refractivity contribution in [3.05, 3.63) is 53.6 Å². The molecule has 0 aliphatic carbocycles. The van der Waals surface area contributed by atoms with E-state index in [1.54, 1.807) is 25.3 Å². The molecule has 0 aromatic heterocycles. The van der Waals surface area contributed by atoms with Crippen LogP contribution >= 0.6 is 0 Å². The Bertz CT molecular complexity index is 947. The molecule has 8 nitrogen and oxygen atoms in total. The van der Waals surface area contributed by atoms with Gasteiger partial charge in [0.25, 0.3) is 5.91 Å². The zero-order chi connectivity index (χ0) is 24.2. The van der Waals surface area contributed by atoms with E-state index in [2.05, 4.69) is 17.6 Å². The van der Waals surface area contributed by atoms with Crippen LogP contribution in [0.15, 0.2) is 42.5 Å². The molecule has 0 spiro atoms. The number of nitrogens with zero attached hydrogens (tertiary/aromatic N) is 1. The fraction of sp³-hybridized carbons (Fsp3) is 0.400. The van der Waals surface area contributed by atoms with Crippen molar-refractivity contribution in [1.29, 1.82) is 0 Å². The van der Waals surface area contributed by atoms with Gasteiger partial charge in [0.15, 0.2) is 0 Å². The molecule has 3 amide bonds. The van der Waals surface area contributed by atoms with Crippen LogP contribution < -0.4 is 15.4 Å². The zero-order valence-corrected chi connectivity index (χ0v) is 19.5. The third kappa shape index (κ3) is 7.91. The highest BCUT2D eigenvalue weighted by Crippen LogP contribution is 2.27. The first kappa shape index (κ1) is 25.9. The minimum atomic E-state index is -0.552. The summed E-state index contributed by atoms with van der Waals surface area (Å²) in [6.07, 6.45) is 3.58. The van der Waals surface area contributed by atoms with Crippen molar-refractivity contribution in [2.75, 3.05) is 20.3 Å². The monoisotopic (exact) mass is 455 g/mol. The minimum Gasteiger partial charge on any atom is -0.496 e. The Kier molecular flexibility index (Phi) is 10.4. The van der Waals surface area contributed by atoms with Crippen LogP contribution in [-0.4, -0.2) is 48.8 Å². The molecule has 0 radical (unpaired) electrons. The maximum Gasteiger partial charge on any atom is 0.252 e. The smallest absolute Gasteiger partial charge is 0.252 e. The number of unbranched alkanes of at least 4 members (excludes halogenated alkanes) is 2. The van der Waals surface area contributed by atoms with Crippen molar-refractivity contribution in [3.8, 4) is 16.9 Å². The number of hydrogen-bond donors (Lipinski definition) is 3. The summed E-state index contributed by atoms with van der Waals surface area (Å²) in [4.78, 5) is 35.8. The van der Waals surface area contributed by atoms with Gasteiger partial charge in [0.05, 0.1) is 26.2 Å². The number of carbonyl (C=O) groups is 3. The quantitative estimate of drug-likeness (QED) is 0.141. The van der Waals surface area contributed by atoms with Gasteiger partial charge in [0.2, 0.25) is 12.3 Å². The standard InChI is InChI=1S/C25H33N3O5/c1-4-5-6-8-22(15-28(32)17-29)25(31)27-16-26-24(30)21-10-7-9-19(13-21)20-12-11-18(2)23(14-20)33-3/h7,9-14,17,22,32H,4-6,8,15-16H2,1-3H3,(H,26,30)(H,27,31)/t22-/m1/s1. The average molecular weight is 456 g/mol. The van der Waals surface area contributed by atoms with Crippen LogP contribution in [0.2, 0.25) is 0 Å². The number of amides is 3. The largest absolute Gasteiger partial charge is 0.496 e. The fourth-order valence-electron chi connectivity index (χ4n) is 3.51. The van der Waals surface area contributed by atoms with Crippen molar-refractivity contribution in [2.24, 2.45) is 5.92 Å². The predicted octanol–water partition coefficient (Wildman–Crippen LogP) is 3.52. The second kappa shape index (κ2) is 13.2. The Balaban J connectivity index is 1.97. The van der Waals surface area contributed by atoms with Crippen LogP contribution in [0.5, 0.6) is 5.75 Å². The van der Waals surface area contributed by atoms with Crippen LogP contribution in [0.25, 0.3) is 11.1 Å². The van der Waals surface area contributed by atoms with Crippen LogP contribution in [-0.2, 0) is 9.59 Å². The molecule has 0 fully saturated rings. The fourth-order valence-corrected chi connectivity index (χ4v) is 3.51. The third-order valence-electron chi connectivity index (χ3n) is 5.43. The van der Waals surface area contributed by atoms with E-state index in [4.69, 9.17) is 4.74 Å². The number of hydrogen-bond acceptors (Lipinski definition) is 5. The SMILES string of the molecule is CCCCC[C@H](CN(O)C=O)C(=O)NCNC(=O)c1cccc(-c2ccc(C)c(OC)c2)c1. The van der Waals surface area contributed by atoms with E-state index in [0.29, 0.717) is 17.0 Å². The van der Waals surface area contributed by atoms with Gasteiger partial charge in [-0.15, -0.1) is 0 Å². The summed E-state index contributed by atoms with van der Waals surface area (Å²) in [5.41, 5.74) is 3.29. The van der Waals surface area contributed by atoms with E-state index in [9.17, 15) is 19.6 Å². The molecular formula is C25H33N3O5. The molecule has 2 aromatic rings. The van der Waals surface area contributed by atoms with Gasteiger partial charge in [-0.3, -0.25) is 19.6 Å². The second-order valence-corrected chi connectivity index (χ2v) is 7.91. The zero-order valence-electron chi connectivity index (χ0n) is 19.5. The molecule has 2 aromatic carbocycles. The van der Waals surface area contributed by atoms with Crippen LogP contribution in [0.4, 0.5) is 0 Å². The van der Waals surface area contributed by atoms with E-state index in [1.807, 2.05) is 31.2 Å². The van der Waals surface area contributed by atoms with Crippen LogP contribution in [0, 0.1) is 12.8 Å². The number of benzene rings is 2. The van der Waals surface area contributed by atoms with Crippen LogP contribution in [0.1, 0.15) is 48.5 Å². The molecular weight excluding hydrogens is 422 g/mol. The Morgan fingerprint density at radius 3 is 2.58 bits per heavy atom. The van der Waals surface area contributed by atoms with Gasteiger partial charge in [-0.25, -0.2) is 5.06 Å². The first-order valence-electron chi connectivity index (χ1n) is 11.1. The molecule has 8 heteroatoms. The summed E-state index contributed by atoms with van der Waals surface area (Å²) >= 11 is 0. The molecule has 2 rings (SSSR count). The van der Waals surface area contributed by atoms with Gasteiger partial charge in [-0.1, -0.05) is 50.5 Å². The normalized spacial score (nSPS) is 11.4. The van der Waals surface area contributed by atoms with Gasteiger partial charge in [0, 0.05) is 5.56 Å². The van der Waals surface area contributed by atoms with Gasteiger partial charge < -0.3 is 15.4 Å². The number of nitrogens with one attached hydrogen (secondary N) is 2. The lowest BCUT2D eigenvalue weighted by atomic mass is 10.00. The van der Waals surface area contributed by atoms with Gasteiger partial charge in [0.1, 0.15) is 5.75 Å². The average Bonchev–Trinajstić information content (AvgIpc) is 2.83. The summed E-state index contributed by atoms with van der Waals surface area (Å²) in [5, 5.41) is 15.3. The molecule has 0 aliphatic rings. The maximum absolute atomic E-state index is 12.6. The highest BCUT2D eigenvalue weighted by molar-refractivity contribution is 5.95. The van der Waals surface area contributed by atoms with Crippen molar-refractivity contribution >= 4 is 18.2 Å². The van der Waals surface area contributed by atoms with E-state index in [-0.39, 0.29) is 31.4 Å². The molecule has 0 aliphatic heterocycles. The topological polar surface area (TPSA) is 108 Å². The lowest BCUT2D eigenvalue weighted by molar-refractivity contribution is -0.154. The summed E-state index contributed by atoms with van der Waals surface area (Å²) in [7, 11) is 1.62. The Labute approximate surface area is 194 Å². The number of hydroxylamine groups is 2. The van der Waals surface area contributed by atoms with E-state index >= 15 is 0 Å². The highest BCUT2D eigenvalue weighted by Gasteiger charge is 2.20. The first-order chi connectivity index (χ1) is 15.9. The maximum atomic E-state index is 12.6. The first-order valence-corrected chi connectivity index (χ1v) is 11.1. The molecule has 33 heavy (non-hydrogen) atoms. The summed E-state index contributed by atoms with van der Waals surface area (Å²) in [5.74, 6) is -0.429. The molecule has 0 saturated carbocycles. The van der Waals surface area contributed by atoms with Crippen molar-refractivity contribution in [2.45, 2.75) is 39.5 Å². The lowest BCUT2D eigenvalue weighted by Crippen LogP contribution is -2.43. The Hall–Kier alpha value is -3.39. The van der Waals surface area contributed by atoms with Gasteiger partial charge in [-0.05, 0) is 48.2 Å². The number of methoxy groups -OCH3 is 1. The minimum absolute atomic E-state index is 0.0585. The van der Waals surface area contributed by atoms with Gasteiger partial charge >= 0.3 is 0 Å². The molecule has 0 heterocycles. The summed E-state index contributed by atoms with van der Waals surface area (Å²) < 4.78 is 5.38. The summed E-state index contributed by atoms with van der Waals surface area (Å²) in [6, 6.07) is 13.1. The second-order valence-electron chi connectivity index (χ2n) is 7.91. The Morgan fingerprint density at radius 2 is 1.88 bits per heavy atom. The van der Waals surface area contributed by atoms with E-state index in [1.165, 1.54) is 0 Å². The lowest BCUT2D eigenvalue weighted by Gasteiger charge is -2.19. The van der Waals surface area contributed by atoms with E-state index in [0.717, 1.165) is 41.7 Å². The number of carbonyl (C=O) groups excluding carboxylic acids is 3. The molecule has 1 atom stereocenters.